The van der Waals surface area contributed by atoms with Gasteiger partial charge in [0.1, 0.15) is 0 Å². The Hall–Kier alpha value is -3.28. The number of carbonyl (C=O) groups is 1. The molecule has 0 aliphatic heterocycles. The summed E-state index contributed by atoms with van der Waals surface area (Å²) in [5.74, 6) is 0.603. The summed E-state index contributed by atoms with van der Waals surface area (Å²) in [6.07, 6.45) is 4.13. The van der Waals surface area contributed by atoms with Gasteiger partial charge in [0.25, 0.3) is 10.0 Å². The average molecular weight is 499 g/mol. The van der Waals surface area contributed by atoms with Gasteiger partial charge >= 0.3 is 0 Å². The van der Waals surface area contributed by atoms with E-state index < -0.39 is 10.0 Å². The quantitative estimate of drug-likeness (QED) is 0.292. The van der Waals surface area contributed by atoms with Gasteiger partial charge in [-0.15, -0.1) is 0 Å². The molecule has 1 aromatic heterocycles. The van der Waals surface area contributed by atoms with Gasteiger partial charge in [0, 0.05) is 16.7 Å². The molecule has 35 heavy (non-hydrogen) atoms. The number of aromatic nitrogens is 2. The summed E-state index contributed by atoms with van der Waals surface area (Å²) in [6, 6.07) is 12.4. The van der Waals surface area contributed by atoms with Crippen molar-refractivity contribution in [2.75, 3.05) is 16.6 Å². The monoisotopic (exact) mass is 498 g/mol. The van der Waals surface area contributed by atoms with E-state index in [1.54, 1.807) is 36.4 Å². The molecule has 1 aliphatic rings. The van der Waals surface area contributed by atoms with Crippen molar-refractivity contribution in [1.29, 1.82) is 0 Å². The van der Waals surface area contributed by atoms with Gasteiger partial charge in [-0.25, -0.2) is 8.42 Å². The molecule has 1 aliphatic carbocycles. The molecule has 1 fully saturated rings. The third-order valence-electron chi connectivity index (χ3n) is 6.07. The lowest BCUT2D eigenvalue weighted by Gasteiger charge is -2.12. The largest absolute Gasteiger partial charge is 0.337 e. The zero-order valence-corrected chi connectivity index (χ0v) is 20.3. The highest BCUT2D eigenvalue weighted by atomic mass is 32.2. The fourth-order valence-electron chi connectivity index (χ4n) is 3.49. The number of amides is 1. The number of sulfonamides is 1. The van der Waals surface area contributed by atoms with Crippen LogP contribution < -0.4 is 21.5 Å². The first-order valence-corrected chi connectivity index (χ1v) is 13.0. The summed E-state index contributed by atoms with van der Waals surface area (Å²) >= 11 is 0. The van der Waals surface area contributed by atoms with Gasteiger partial charge in [-0.2, -0.15) is 4.98 Å². The van der Waals surface area contributed by atoms with E-state index in [0.29, 0.717) is 41.6 Å². The summed E-state index contributed by atoms with van der Waals surface area (Å²) in [5.41, 5.74) is 12.8. The maximum atomic E-state index is 12.9. The molecule has 3 aromatic rings. The lowest BCUT2D eigenvalue weighted by Crippen LogP contribution is -2.21. The van der Waals surface area contributed by atoms with Gasteiger partial charge in [-0.05, 0) is 74.7 Å². The van der Waals surface area contributed by atoms with Crippen molar-refractivity contribution in [3.8, 4) is 11.4 Å². The van der Waals surface area contributed by atoms with E-state index in [9.17, 15) is 13.2 Å². The number of carbonyl (C=O) groups excluding carboxylic acids is 1. The Labute approximate surface area is 204 Å². The Morgan fingerprint density at radius 3 is 2.54 bits per heavy atom. The second kappa shape index (κ2) is 10.1. The molecule has 4 rings (SSSR count). The molecule has 0 bridgehead atoms. The van der Waals surface area contributed by atoms with E-state index >= 15 is 0 Å². The van der Waals surface area contributed by atoms with Crippen molar-refractivity contribution in [2.45, 2.75) is 50.0 Å². The third kappa shape index (κ3) is 6.05. The molecule has 10 nitrogen and oxygen atoms in total. The third-order valence-corrected chi connectivity index (χ3v) is 7.47. The van der Waals surface area contributed by atoms with Crippen molar-refractivity contribution in [3.63, 3.8) is 0 Å². The van der Waals surface area contributed by atoms with Gasteiger partial charge in [-0.3, -0.25) is 9.52 Å². The summed E-state index contributed by atoms with van der Waals surface area (Å²) < 4.78 is 33.6. The van der Waals surface area contributed by atoms with Crippen LogP contribution in [0.1, 0.15) is 51.0 Å². The lowest BCUT2D eigenvalue weighted by atomic mass is 10.1. The number of nitrogens with one attached hydrogen (secondary N) is 2. The zero-order chi connectivity index (χ0) is 25.1. The fraction of sp³-hybridized carbons (Fsp3) is 0.375. The van der Waals surface area contributed by atoms with E-state index in [4.69, 9.17) is 16.0 Å². The zero-order valence-electron chi connectivity index (χ0n) is 19.5. The smallest absolute Gasteiger partial charge is 0.261 e. The first-order valence-electron chi connectivity index (χ1n) is 11.5. The van der Waals surface area contributed by atoms with Crippen molar-refractivity contribution in [1.82, 2.24) is 10.1 Å². The molecular formula is C24H30N6O4S. The Morgan fingerprint density at radius 1 is 1.14 bits per heavy atom. The molecule has 0 spiro atoms. The Morgan fingerprint density at radius 2 is 1.86 bits per heavy atom. The van der Waals surface area contributed by atoms with Crippen LogP contribution in [0.25, 0.3) is 11.4 Å². The van der Waals surface area contributed by atoms with Crippen LogP contribution in [-0.4, -0.2) is 31.0 Å². The fourth-order valence-corrected chi connectivity index (χ4v) is 4.54. The van der Waals surface area contributed by atoms with Crippen molar-refractivity contribution in [2.24, 2.45) is 16.9 Å². The lowest BCUT2D eigenvalue weighted by molar-refractivity contribution is -0.120. The average Bonchev–Trinajstić information content (AvgIpc) is 3.39. The molecule has 1 amide bonds. The summed E-state index contributed by atoms with van der Waals surface area (Å²) in [5, 5.41) is 6.81. The molecule has 1 saturated carbocycles. The molecule has 11 heteroatoms. The van der Waals surface area contributed by atoms with Crippen LogP contribution in [0.15, 0.2) is 57.9 Å². The predicted octanol–water partition coefficient (Wildman–Crippen LogP) is 3.40. The normalized spacial score (nSPS) is 15.4. The number of hydrogen-bond donors (Lipinski definition) is 4. The van der Waals surface area contributed by atoms with Crippen LogP contribution in [0.4, 0.5) is 11.4 Å². The molecular weight excluding hydrogens is 468 g/mol. The molecule has 1 atom stereocenters. The number of rotatable bonds is 11. The number of unbranched alkanes of at least 4 members (excludes halogenated alkanes) is 1. The Bertz CT molecular complexity index is 1290. The highest BCUT2D eigenvalue weighted by Crippen LogP contribution is 2.45. The molecule has 2 aromatic carbocycles. The summed E-state index contributed by atoms with van der Waals surface area (Å²) in [4.78, 5) is 16.7. The minimum absolute atomic E-state index is 0.0609. The van der Waals surface area contributed by atoms with Crippen LogP contribution in [0.5, 0.6) is 0 Å². The Balaban J connectivity index is 1.42. The van der Waals surface area contributed by atoms with E-state index in [1.807, 2.05) is 6.92 Å². The predicted molar refractivity (Wildman–Crippen MR) is 133 cm³/mol. The van der Waals surface area contributed by atoms with E-state index in [0.717, 1.165) is 25.7 Å². The molecule has 0 radical (unpaired) electrons. The maximum absolute atomic E-state index is 12.9. The van der Waals surface area contributed by atoms with Gasteiger partial charge < -0.3 is 21.3 Å². The van der Waals surface area contributed by atoms with Gasteiger partial charge in [0.15, 0.2) is 0 Å². The van der Waals surface area contributed by atoms with Crippen LogP contribution in [0.3, 0.4) is 0 Å². The number of benzene rings is 2. The number of nitrogens with two attached hydrogens (primary N) is 2. The second-order valence-corrected chi connectivity index (χ2v) is 10.8. The minimum Gasteiger partial charge on any atom is -0.337 e. The second-order valence-electron chi connectivity index (χ2n) is 9.07. The van der Waals surface area contributed by atoms with Crippen LogP contribution >= 0.6 is 0 Å². The van der Waals surface area contributed by atoms with E-state index in [2.05, 4.69) is 20.2 Å². The standard InChI is InChI=1S/C24H30N6O4S/c1-24(12-13-24)23(31)27-17-5-4-6-18(15-17)30-35(32,33)19-10-8-16(9-11-19)21-28-22(34-29-21)20(26)7-2-3-14-25/h4-6,8-11,15,20,30H,2-3,7,12-14,25-26H2,1H3,(H,27,31)/t20-/m0/s1. The maximum Gasteiger partial charge on any atom is 0.261 e. The van der Waals surface area contributed by atoms with Crippen molar-refractivity contribution >= 4 is 27.3 Å². The molecule has 0 unspecified atom stereocenters. The SMILES string of the molecule is CC1(C(=O)Nc2cccc(NS(=O)(=O)c3ccc(-c4noc([C@@H](N)CCCCN)n4)cc3)c2)CC1. The van der Waals surface area contributed by atoms with Gasteiger partial charge in [0.05, 0.1) is 16.6 Å². The number of nitrogens with zero attached hydrogens (tertiary/aromatic N) is 2. The summed E-state index contributed by atoms with van der Waals surface area (Å²) in [6.45, 7) is 2.51. The van der Waals surface area contributed by atoms with Crippen molar-refractivity contribution < 1.29 is 17.7 Å². The van der Waals surface area contributed by atoms with Crippen LogP contribution in [0.2, 0.25) is 0 Å². The number of anilines is 2. The first kappa shape index (κ1) is 24.8. The van der Waals surface area contributed by atoms with E-state index in [-0.39, 0.29) is 22.3 Å². The molecule has 6 N–H and O–H groups in total. The van der Waals surface area contributed by atoms with Crippen LogP contribution in [-0.2, 0) is 14.8 Å². The van der Waals surface area contributed by atoms with Gasteiger partial charge in [0.2, 0.25) is 17.6 Å². The summed E-state index contributed by atoms with van der Waals surface area (Å²) in [7, 11) is -3.85. The molecule has 186 valence electrons. The number of hydrogen-bond acceptors (Lipinski definition) is 8. The molecule has 0 saturated heterocycles. The highest BCUT2D eigenvalue weighted by Gasteiger charge is 2.44. The molecule has 1 heterocycles. The van der Waals surface area contributed by atoms with Crippen molar-refractivity contribution in [3.05, 3.63) is 54.4 Å². The van der Waals surface area contributed by atoms with E-state index in [1.165, 1.54) is 12.1 Å². The topological polar surface area (TPSA) is 166 Å². The minimum atomic E-state index is -3.85. The van der Waals surface area contributed by atoms with Crippen LogP contribution in [0, 0.1) is 5.41 Å². The van der Waals surface area contributed by atoms with Gasteiger partial charge in [-0.1, -0.05) is 24.6 Å². The highest BCUT2D eigenvalue weighted by molar-refractivity contribution is 7.92. The first-order chi connectivity index (χ1) is 16.7. The Kier molecular flexibility index (Phi) is 7.20.